The monoisotopic (exact) mass is 232 g/mol. The van der Waals surface area contributed by atoms with Gasteiger partial charge in [0.25, 0.3) is 0 Å². The van der Waals surface area contributed by atoms with Crippen LogP contribution in [0, 0.1) is 6.92 Å². The van der Waals surface area contributed by atoms with Crippen molar-refractivity contribution in [2.45, 2.75) is 33.1 Å². The van der Waals surface area contributed by atoms with Crippen LogP contribution >= 0.6 is 0 Å². The molecule has 0 aromatic heterocycles. The van der Waals surface area contributed by atoms with Crippen LogP contribution in [0.1, 0.15) is 31.9 Å². The SMILES string of the molecule is Cc1ccc(N2CCNCC2)cc1C(C)(C)C. The summed E-state index contributed by atoms with van der Waals surface area (Å²) in [5, 5.41) is 3.40. The lowest BCUT2D eigenvalue weighted by Crippen LogP contribution is -2.43. The topological polar surface area (TPSA) is 15.3 Å². The molecule has 1 aromatic rings. The summed E-state index contributed by atoms with van der Waals surface area (Å²) < 4.78 is 0. The lowest BCUT2D eigenvalue weighted by Gasteiger charge is -2.31. The van der Waals surface area contributed by atoms with E-state index in [1.165, 1.54) is 16.8 Å². The molecule has 0 spiro atoms. The van der Waals surface area contributed by atoms with Crippen molar-refractivity contribution in [1.82, 2.24) is 5.32 Å². The van der Waals surface area contributed by atoms with E-state index in [1.54, 1.807) is 0 Å². The van der Waals surface area contributed by atoms with E-state index in [0.29, 0.717) is 0 Å². The minimum Gasteiger partial charge on any atom is -0.369 e. The summed E-state index contributed by atoms with van der Waals surface area (Å²) in [4.78, 5) is 2.48. The molecule has 94 valence electrons. The summed E-state index contributed by atoms with van der Waals surface area (Å²) in [6.07, 6.45) is 0. The number of hydrogen-bond donors (Lipinski definition) is 1. The van der Waals surface area contributed by atoms with Crippen molar-refractivity contribution < 1.29 is 0 Å². The van der Waals surface area contributed by atoms with Gasteiger partial charge in [-0.25, -0.2) is 0 Å². The van der Waals surface area contributed by atoms with Gasteiger partial charge in [0.2, 0.25) is 0 Å². The molecule has 0 saturated carbocycles. The minimum atomic E-state index is 0.230. The number of nitrogens with zero attached hydrogens (tertiary/aromatic N) is 1. The van der Waals surface area contributed by atoms with Crippen LogP contribution in [0.2, 0.25) is 0 Å². The Balaban J connectivity index is 2.30. The highest BCUT2D eigenvalue weighted by Gasteiger charge is 2.18. The number of hydrogen-bond acceptors (Lipinski definition) is 2. The van der Waals surface area contributed by atoms with E-state index < -0.39 is 0 Å². The van der Waals surface area contributed by atoms with Crippen LogP contribution in [0.25, 0.3) is 0 Å². The first-order chi connectivity index (χ1) is 7.98. The van der Waals surface area contributed by atoms with Gasteiger partial charge in [0.1, 0.15) is 0 Å². The molecule has 1 heterocycles. The fourth-order valence-electron chi connectivity index (χ4n) is 2.54. The molecule has 0 aliphatic carbocycles. The zero-order valence-corrected chi connectivity index (χ0v) is 11.5. The molecule has 17 heavy (non-hydrogen) atoms. The van der Waals surface area contributed by atoms with E-state index in [-0.39, 0.29) is 5.41 Å². The molecule has 2 rings (SSSR count). The third kappa shape index (κ3) is 2.81. The quantitative estimate of drug-likeness (QED) is 0.801. The Labute approximate surface area is 105 Å². The van der Waals surface area contributed by atoms with Crippen LogP contribution in [0.4, 0.5) is 5.69 Å². The zero-order chi connectivity index (χ0) is 12.5. The molecular formula is C15H24N2. The predicted molar refractivity (Wildman–Crippen MR) is 75.0 cm³/mol. The van der Waals surface area contributed by atoms with Gasteiger partial charge in [-0.3, -0.25) is 0 Å². The van der Waals surface area contributed by atoms with E-state index in [9.17, 15) is 0 Å². The average molecular weight is 232 g/mol. The maximum Gasteiger partial charge on any atom is 0.0370 e. The summed E-state index contributed by atoms with van der Waals surface area (Å²) in [7, 11) is 0. The normalized spacial score (nSPS) is 17.3. The van der Waals surface area contributed by atoms with Crippen molar-refractivity contribution in [3.8, 4) is 0 Å². The van der Waals surface area contributed by atoms with Gasteiger partial charge in [-0.1, -0.05) is 26.8 Å². The first-order valence-electron chi connectivity index (χ1n) is 6.55. The molecule has 1 aliphatic heterocycles. The molecule has 2 heteroatoms. The van der Waals surface area contributed by atoms with Crippen LogP contribution in [-0.4, -0.2) is 26.2 Å². The van der Waals surface area contributed by atoms with E-state index in [1.807, 2.05) is 0 Å². The molecule has 1 fully saturated rings. The second kappa shape index (κ2) is 4.69. The van der Waals surface area contributed by atoms with Crippen molar-refractivity contribution in [2.75, 3.05) is 31.1 Å². The summed E-state index contributed by atoms with van der Waals surface area (Å²) >= 11 is 0. The van der Waals surface area contributed by atoms with E-state index in [0.717, 1.165) is 26.2 Å². The Bertz CT molecular complexity index is 384. The Kier molecular flexibility index (Phi) is 3.43. The van der Waals surface area contributed by atoms with Crippen LogP contribution in [0.5, 0.6) is 0 Å². The summed E-state index contributed by atoms with van der Waals surface area (Å²) in [5.74, 6) is 0. The predicted octanol–water partition coefficient (Wildman–Crippen LogP) is 2.70. The zero-order valence-electron chi connectivity index (χ0n) is 11.5. The molecule has 0 radical (unpaired) electrons. The Morgan fingerprint density at radius 3 is 2.35 bits per heavy atom. The number of piperazine rings is 1. The average Bonchev–Trinajstić information content (AvgIpc) is 2.29. The second-order valence-electron chi connectivity index (χ2n) is 5.99. The molecule has 0 amide bonds. The highest BCUT2D eigenvalue weighted by molar-refractivity contribution is 5.52. The van der Waals surface area contributed by atoms with Crippen molar-refractivity contribution >= 4 is 5.69 Å². The molecule has 1 saturated heterocycles. The number of benzene rings is 1. The molecule has 1 N–H and O–H groups in total. The summed E-state index contributed by atoms with van der Waals surface area (Å²) in [6.45, 7) is 13.5. The molecular weight excluding hydrogens is 208 g/mol. The van der Waals surface area contributed by atoms with Gasteiger partial charge in [0.15, 0.2) is 0 Å². The largest absolute Gasteiger partial charge is 0.369 e. The molecule has 0 atom stereocenters. The fraction of sp³-hybridized carbons (Fsp3) is 0.600. The molecule has 2 nitrogen and oxygen atoms in total. The maximum absolute atomic E-state index is 3.40. The van der Waals surface area contributed by atoms with Crippen LogP contribution in [0.15, 0.2) is 18.2 Å². The standard InChI is InChI=1S/C15H24N2/c1-12-5-6-13(11-14(12)15(2,3)4)17-9-7-16-8-10-17/h5-6,11,16H,7-10H2,1-4H3. The van der Waals surface area contributed by atoms with Gasteiger partial charge in [-0.05, 0) is 35.6 Å². The second-order valence-corrected chi connectivity index (χ2v) is 5.99. The smallest absolute Gasteiger partial charge is 0.0370 e. The van der Waals surface area contributed by atoms with Crippen molar-refractivity contribution in [3.05, 3.63) is 29.3 Å². The van der Waals surface area contributed by atoms with Crippen LogP contribution in [0.3, 0.4) is 0 Å². The third-order valence-electron chi connectivity index (χ3n) is 3.51. The highest BCUT2D eigenvalue weighted by atomic mass is 15.2. The Morgan fingerprint density at radius 1 is 1.12 bits per heavy atom. The van der Waals surface area contributed by atoms with Gasteiger partial charge in [0, 0.05) is 31.9 Å². The highest BCUT2D eigenvalue weighted by Crippen LogP contribution is 2.29. The Morgan fingerprint density at radius 2 is 1.76 bits per heavy atom. The van der Waals surface area contributed by atoms with E-state index >= 15 is 0 Å². The first kappa shape index (κ1) is 12.4. The van der Waals surface area contributed by atoms with Gasteiger partial charge < -0.3 is 10.2 Å². The lowest BCUT2D eigenvalue weighted by atomic mass is 9.84. The molecule has 0 unspecified atom stereocenters. The van der Waals surface area contributed by atoms with Crippen molar-refractivity contribution in [2.24, 2.45) is 0 Å². The number of aryl methyl sites for hydroxylation is 1. The van der Waals surface area contributed by atoms with Crippen LogP contribution in [-0.2, 0) is 5.41 Å². The van der Waals surface area contributed by atoms with Gasteiger partial charge in [-0.15, -0.1) is 0 Å². The minimum absolute atomic E-state index is 0.230. The van der Waals surface area contributed by atoms with Gasteiger partial charge >= 0.3 is 0 Å². The van der Waals surface area contributed by atoms with Crippen molar-refractivity contribution in [3.63, 3.8) is 0 Å². The fourth-order valence-corrected chi connectivity index (χ4v) is 2.54. The third-order valence-corrected chi connectivity index (χ3v) is 3.51. The molecule has 1 aliphatic rings. The van der Waals surface area contributed by atoms with E-state index in [2.05, 4.69) is 56.1 Å². The molecule has 0 bridgehead atoms. The number of rotatable bonds is 1. The first-order valence-corrected chi connectivity index (χ1v) is 6.55. The lowest BCUT2D eigenvalue weighted by molar-refractivity contribution is 0.577. The van der Waals surface area contributed by atoms with Crippen LogP contribution < -0.4 is 10.2 Å². The summed E-state index contributed by atoms with van der Waals surface area (Å²) in [6, 6.07) is 6.90. The summed E-state index contributed by atoms with van der Waals surface area (Å²) in [5.41, 5.74) is 4.47. The van der Waals surface area contributed by atoms with Gasteiger partial charge in [-0.2, -0.15) is 0 Å². The number of nitrogens with one attached hydrogen (secondary N) is 1. The maximum atomic E-state index is 3.40. The Hall–Kier alpha value is -1.02. The van der Waals surface area contributed by atoms with E-state index in [4.69, 9.17) is 0 Å². The van der Waals surface area contributed by atoms with Gasteiger partial charge in [0.05, 0.1) is 0 Å². The number of anilines is 1. The molecule has 1 aromatic carbocycles. The van der Waals surface area contributed by atoms with Crippen molar-refractivity contribution in [1.29, 1.82) is 0 Å².